The minimum absolute atomic E-state index is 0.0460. The van der Waals surface area contributed by atoms with Crippen molar-refractivity contribution < 1.29 is 0 Å². The Morgan fingerprint density at radius 1 is 0.407 bits per heavy atom. The van der Waals surface area contributed by atoms with Gasteiger partial charge in [0.2, 0.25) is 0 Å². The first-order chi connectivity index (χ1) is 26.0. The normalized spacial score (nSPS) is 12.2. The van der Waals surface area contributed by atoms with Crippen molar-refractivity contribution in [3.05, 3.63) is 209 Å². The lowest BCUT2D eigenvalue weighted by Gasteiger charge is -2.37. The van der Waals surface area contributed by atoms with E-state index in [-0.39, 0.29) is 10.8 Å². The molecule has 2 heteroatoms. The van der Waals surface area contributed by atoms with E-state index >= 15 is 0 Å². The van der Waals surface area contributed by atoms with Crippen molar-refractivity contribution in [2.24, 2.45) is 0 Å². The van der Waals surface area contributed by atoms with Gasteiger partial charge in [-0.15, -0.1) is 0 Å². The Kier molecular flexibility index (Phi) is 8.63. The average Bonchev–Trinajstić information content (AvgIpc) is 3.52. The van der Waals surface area contributed by atoms with Gasteiger partial charge < -0.3 is 4.57 Å². The third-order valence-corrected chi connectivity index (χ3v) is 11.1. The summed E-state index contributed by atoms with van der Waals surface area (Å²) in [6.45, 7) is 13.7. The lowest BCUT2D eigenvalue weighted by molar-refractivity contribution is 0.590. The summed E-state index contributed by atoms with van der Waals surface area (Å²) in [4.78, 5) is 0. The maximum absolute atomic E-state index is 9.34. The summed E-state index contributed by atoms with van der Waals surface area (Å²) in [6, 6.07) is 64.1. The fraction of sp³-hybridized carbons (Fsp3) is 0.173. The fourth-order valence-electron chi connectivity index (χ4n) is 8.12. The molecule has 0 fully saturated rings. The maximum Gasteiger partial charge on any atom is 0.0991 e. The molecule has 0 bridgehead atoms. The minimum atomic E-state index is -0.575. The summed E-state index contributed by atoms with van der Waals surface area (Å²) in [5.74, 6) is 0. The van der Waals surface area contributed by atoms with E-state index in [9.17, 15) is 5.26 Å². The molecule has 0 aliphatic heterocycles. The van der Waals surface area contributed by atoms with E-state index in [1.54, 1.807) is 0 Å². The van der Waals surface area contributed by atoms with Crippen LogP contribution in [0.5, 0.6) is 0 Å². The van der Waals surface area contributed by atoms with Gasteiger partial charge in [0.25, 0.3) is 0 Å². The zero-order valence-corrected chi connectivity index (χ0v) is 32.1. The molecule has 0 aliphatic carbocycles. The Morgan fingerprint density at radius 2 is 0.778 bits per heavy atom. The minimum Gasteiger partial charge on any atom is -0.309 e. The van der Waals surface area contributed by atoms with Crippen LogP contribution in [0.2, 0.25) is 0 Å². The zero-order valence-electron chi connectivity index (χ0n) is 32.1. The first kappa shape index (κ1) is 34.9. The molecule has 0 atom stereocenters. The van der Waals surface area contributed by atoms with Gasteiger partial charge in [-0.05, 0) is 104 Å². The highest BCUT2D eigenvalue weighted by Crippen LogP contribution is 2.46. The van der Waals surface area contributed by atoms with Crippen LogP contribution in [-0.2, 0) is 16.2 Å². The molecule has 264 valence electrons. The smallest absolute Gasteiger partial charge is 0.0991 e. The number of hydrogen-bond donors (Lipinski definition) is 0. The molecule has 0 radical (unpaired) electrons. The van der Waals surface area contributed by atoms with Crippen LogP contribution in [0, 0.1) is 11.3 Å². The van der Waals surface area contributed by atoms with Gasteiger partial charge in [0, 0.05) is 16.5 Å². The Balaban J connectivity index is 1.33. The van der Waals surface area contributed by atoms with E-state index in [4.69, 9.17) is 0 Å². The van der Waals surface area contributed by atoms with Crippen molar-refractivity contribution >= 4 is 21.8 Å². The topological polar surface area (TPSA) is 28.7 Å². The Hall–Kier alpha value is -6.17. The third kappa shape index (κ3) is 6.01. The summed E-state index contributed by atoms with van der Waals surface area (Å²) in [6.07, 6.45) is 0. The molecule has 0 aliphatic rings. The van der Waals surface area contributed by atoms with Crippen molar-refractivity contribution in [1.82, 2.24) is 4.57 Å². The van der Waals surface area contributed by atoms with Gasteiger partial charge in [-0.1, -0.05) is 163 Å². The van der Waals surface area contributed by atoms with Gasteiger partial charge in [-0.25, -0.2) is 0 Å². The summed E-state index contributed by atoms with van der Waals surface area (Å²) < 4.78 is 2.44. The first-order valence-electron chi connectivity index (χ1n) is 18.9. The second-order valence-electron chi connectivity index (χ2n) is 16.6. The van der Waals surface area contributed by atoms with Crippen LogP contribution in [0.4, 0.5) is 0 Å². The Bertz CT molecular complexity index is 2510. The van der Waals surface area contributed by atoms with Crippen LogP contribution in [0.25, 0.3) is 38.6 Å². The van der Waals surface area contributed by atoms with Gasteiger partial charge in [0.1, 0.15) is 0 Å². The van der Waals surface area contributed by atoms with Gasteiger partial charge >= 0.3 is 0 Å². The summed E-state index contributed by atoms with van der Waals surface area (Å²) in [5, 5.41) is 11.9. The van der Waals surface area contributed by atoms with Gasteiger partial charge in [0.15, 0.2) is 0 Å². The largest absolute Gasteiger partial charge is 0.309 e. The van der Waals surface area contributed by atoms with E-state index < -0.39 is 5.41 Å². The third-order valence-electron chi connectivity index (χ3n) is 11.1. The molecule has 2 nitrogen and oxygen atoms in total. The highest BCUT2D eigenvalue weighted by Gasteiger charge is 2.38. The van der Waals surface area contributed by atoms with Crippen molar-refractivity contribution in [3.63, 3.8) is 0 Å². The monoisotopic (exact) mass is 698 g/mol. The molecule has 8 aromatic rings. The number of rotatable bonds is 6. The molecular weight excluding hydrogens is 653 g/mol. The second-order valence-corrected chi connectivity index (χ2v) is 16.6. The zero-order chi connectivity index (χ0) is 37.7. The quantitative estimate of drug-likeness (QED) is 0.159. The number of fused-ring (bicyclic) bond motifs is 3. The molecule has 0 amide bonds. The van der Waals surface area contributed by atoms with E-state index in [1.165, 1.54) is 55.2 Å². The van der Waals surface area contributed by atoms with Crippen LogP contribution in [0.15, 0.2) is 170 Å². The summed E-state index contributed by atoms with van der Waals surface area (Å²) >= 11 is 0. The van der Waals surface area contributed by atoms with Crippen LogP contribution in [0.1, 0.15) is 80.5 Å². The predicted octanol–water partition coefficient (Wildman–Crippen LogP) is 13.3. The van der Waals surface area contributed by atoms with Crippen LogP contribution >= 0.6 is 0 Å². The number of hydrogen-bond acceptors (Lipinski definition) is 1. The van der Waals surface area contributed by atoms with Crippen LogP contribution < -0.4 is 0 Å². The SMILES string of the molecule is CC(C)(C)c1ccc2c(c1)c1cc(C(C)(C)C)ccc1n2-c1ccc(C(c2ccccc2)(c2ccccc2)c2ccc(-c3ccc(C#N)cc3)cc2)cc1. The van der Waals surface area contributed by atoms with E-state index in [0.29, 0.717) is 5.56 Å². The van der Waals surface area contributed by atoms with E-state index in [0.717, 1.165) is 16.8 Å². The first-order valence-corrected chi connectivity index (χ1v) is 18.9. The molecule has 0 spiro atoms. The highest BCUT2D eigenvalue weighted by atomic mass is 15.0. The predicted molar refractivity (Wildman–Crippen MR) is 227 cm³/mol. The molecular formula is C52H46N2. The summed E-state index contributed by atoms with van der Waals surface area (Å²) in [5.41, 5.74) is 13.4. The Morgan fingerprint density at radius 3 is 1.19 bits per heavy atom. The van der Waals surface area contributed by atoms with Gasteiger partial charge in [0.05, 0.1) is 28.1 Å². The molecule has 0 unspecified atom stereocenters. The highest BCUT2D eigenvalue weighted by molar-refractivity contribution is 6.10. The molecule has 1 heterocycles. The number of nitriles is 1. The van der Waals surface area contributed by atoms with Crippen molar-refractivity contribution in [2.45, 2.75) is 57.8 Å². The molecule has 0 N–H and O–H groups in total. The standard InChI is InChI=1S/C52H46N2/c1-50(2,3)43-27-31-48-46(33-43)47-34-44(51(4,5)6)28-32-49(47)54(48)45-29-25-42(26-30-45)52(39-13-9-7-10-14-39,40-15-11-8-12-16-40)41-23-21-38(22-24-41)37-19-17-36(35-53)18-20-37/h7-34H,1-6H3. The maximum atomic E-state index is 9.34. The number of nitrogens with zero attached hydrogens (tertiary/aromatic N) is 2. The molecule has 8 rings (SSSR count). The Labute approximate surface area is 320 Å². The van der Waals surface area contributed by atoms with E-state index in [2.05, 4.69) is 198 Å². The van der Waals surface area contributed by atoms with Crippen LogP contribution in [0.3, 0.4) is 0 Å². The lowest BCUT2D eigenvalue weighted by atomic mass is 9.65. The fourth-order valence-corrected chi connectivity index (χ4v) is 8.12. The second kappa shape index (κ2) is 13.4. The van der Waals surface area contributed by atoms with Crippen LogP contribution in [-0.4, -0.2) is 4.57 Å². The molecule has 7 aromatic carbocycles. The lowest BCUT2D eigenvalue weighted by Crippen LogP contribution is -2.31. The molecule has 0 saturated heterocycles. The number of benzene rings is 7. The number of aromatic nitrogens is 1. The van der Waals surface area contributed by atoms with E-state index in [1.807, 2.05) is 24.3 Å². The van der Waals surface area contributed by atoms with Gasteiger partial charge in [-0.2, -0.15) is 5.26 Å². The molecule has 54 heavy (non-hydrogen) atoms. The molecule has 1 aromatic heterocycles. The van der Waals surface area contributed by atoms with Crippen molar-refractivity contribution in [1.29, 1.82) is 5.26 Å². The van der Waals surface area contributed by atoms with Crippen molar-refractivity contribution in [3.8, 4) is 22.9 Å². The summed E-state index contributed by atoms with van der Waals surface area (Å²) in [7, 11) is 0. The van der Waals surface area contributed by atoms with Gasteiger partial charge in [-0.3, -0.25) is 0 Å². The average molecular weight is 699 g/mol. The van der Waals surface area contributed by atoms with Crippen molar-refractivity contribution in [2.75, 3.05) is 0 Å². The molecule has 0 saturated carbocycles.